The first-order valence-corrected chi connectivity index (χ1v) is 13.3. The summed E-state index contributed by atoms with van der Waals surface area (Å²) in [5.74, 6) is -0.504. The second kappa shape index (κ2) is 9.48. The highest BCUT2D eigenvalue weighted by atomic mass is 32.2. The van der Waals surface area contributed by atoms with Crippen molar-refractivity contribution in [3.63, 3.8) is 0 Å². The van der Waals surface area contributed by atoms with Crippen molar-refractivity contribution in [3.05, 3.63) is 54.2 Å². The number of aromatic nitrogens is 3. The number of nitrogens with zero attached hydrogens (tertiary/aromatic N) is 4. The fourth-order valence-corrected chi connectivity index (χ4v) is 4.84. The minimum atomic E-state index is -3.70. The van der Waals surface area contributed by atoms with Gasteiger partial charge < -0.3 is 5.32 Å². The molecule has 0 fully saturated rings. The average Bonchev–Trinajstić information content (AvgIpc) is 3.24. The summed E-state index contributed by atoms with van der Waals surface area (Å²) in [5.41, 5.74) is 1.26. The van der Waals surface area contributed by atoms with E-state index in [4.69, 9.17) is 10.0 Å². The largest absolute Gasteiger partial charge is 0.332 e. The molecule has 3 unspecified atom stereocenters. The minimum Gasteiger partial charge on any atom is -0.306 e. The normalized spacial score (nSPS) is 13.4. The van der Waals surface area contributed by atoms with Gasteiger partial charge in [-0.25, -0.2) is 27.9 Å². The Bertz CT molecular complexity index is 1290. The molecule has 1 aromatic carbocycles. The highest BCUT2D eigenvalue weighted by molar-refractivity contribution is 7.91. The Morgan fingerprint density at radius 1 is 1.32 bits per heavy atom. The van der Waals surface area contributed by atoms with E-state index in [1.807, 2.05) is 19.4 Å². The van der Waals surface area contributed by atoms with Crippen LogP contribution in [0.5, 0.6) is 0 Å². The maximum atomic E-state index is 14.2. The van der Waals surface area contributed by atoms with Crippen LogP contribution in [0.3, 0.4) is 0 Å². The molecule has 0 radical (unpaired) electrons. The van der Waals surface area contributed by atoms with E-state index in [-0.39, 0.29) is 28.0 Å². The van der Waals surface area contributed by atoms with Gasteiger partial charge in [-0.15, -0.1) is 0 Å². The zero-order valence-electron chi connectivity index (χ0n) is 16.4. The van der Waals surface area contributed by atoms with Crippen molar-refractivity contribution in [2.45, 2.75) is 5.03 Å². The molecule has 3 atom stereocenters. The predicted molar refractivity (Wildman–Crippen MR) is 121 cm³/mol. The van der Waals surface area contributed by atoms with Crippen molar-refractivity contribution in [2.24, 2.45) is 0 Å². The third kappa shape index (κ3) is 5.23. The van der Waals surface area contributed by atoms with Crippen LogP contribution in [-0.2, 0) is 9.92 Å². The molecule has 2 amide bonds. The lowest BCUT2D eigenvalue weighted by atomic mass is 10.0. The van der Waals surface area contributed by atoms with Crippen molar-refractivity contribution >= 4 is 44.3 Å². The standard InChI is InChI=1S/C18H18FN7O2P2S/c1-29-15-9-12(19)8-14(11-3-5-22-13(7-11)10-20)17(15)23-18(27)25-31(21,28)16-4-6-26(24-16)30-2/h3-9,29-30H,1-2H3,(H3,21,23,25,27,28). The Kier molecular flexibility index (Phi) is 6.96. The number of hydrogen-bond donors (Lipinski definition) is 3. The first-order valence-electron chi connectivity index (χ1n) is 8.76. The van der Waals surface area contributed by atoms with Crippen LogP contribution in [-0.4, -0.2) is 38.1 Å². The molecule has 0 saturated heterocycles. The Labute approximate surface area is 182 Å². The molecule has 31 heavy (non-hydrogen) atoms. The highest BCUT2D eigenvalue weighted by Gasteiger charge is 2.20. The SMILES string of the molecule is CPc1cc(F)cc(-c2ccnc(C#N)c2)c1NC(=O)NS(=N)(=O)c1ccn(PC)n1. The summed E-state index contributed by atoms with van der Waals surface area (Å²) < 4.78 is 38.6. The topological polar surface area (TPSA) is 137 Å². The summed E-state index contributed by atoms with van der Waals surface area (Å²) in [4.78, 5) is 16.5. The summed E-state index contributed by atoms with van der Waals surface area (Å²) in [6.07, 6.45) is 2.99. The van der Waals surface area contributed by atoms with Crippen LogP contribution in [0.25, 0.3) is 11.1 Å². The fraction of sp³-hybridized carbons (Fsp3) is 0.111. The van der Waals surface area contributed by atoms with Crippen LogP contribution >= 0.6 is 17.3 Å². The van der Waals surface area contributed by atoms with Gasteiger partial charge in [0, 0.05) is 18.0 Å². The van der Waals surface area contributed by atoms with Crippen LogP contribution in [0.4, 0.5) is 14.9 Å². The summed E-state index contributed by atoms with van der Waals surface area (Å²) >= 11 is 0. The molecule has 3 rings (SSSR count). The number of anilines is 1. The van der Waals surface area contributed by atoms with Gasteiger partial charge in [0.1, 0.15) is 17.6 Å². The number of nitrogens with one attached hydrogen (secondary N) is 3. The number of pyridine rings is 1. The van der Waals surface area contributed by atoms with E-state index >= 15 is 0 Å². The Hall–Kier alpha value is -2.92. The van der Waals surface area contributed by atoms with Gasteiger partial charge in [0.05, 0.1) is 5.69 Å². The molecule has 0 saturated carbocycles. The highest BCUT2D eigenvalue weighted by Crippen LogP contribution is 2.31. The van der Waals surface area contributed by atoms with E-state index in [2.05, 4.69) is 20.1 Å². The fourth-order valence-electron chi connectivity index (χ4n) is 2.73. The number of rotatable bonds is 6. The Morgan fingerprint density at radius 3 is 2.74 bits per heavy atom. The molecule has 0 aliphatic carbocycles. The van der Waals surface area contributed by atoms with E-state index in [0.29, 0.717) is 22.1 Å². The van der Waals surface area contributed by atoms with Gasteiger partial charge in [0.15, 0.2) is 14.9 Å². The van der Waals surface area contributed by atoms with E-state index in [0.717, 1.165) is 0 Å². The molecule has 0 aliphatic heterocycles. The van der Waals surface area contributed by atoms with Gasteiger partial charge in [-0.1, -0.05) is 8.58 Å². The monoisotopic (exact) mass is 477 g/mol. The van der Waals surface area contributed by atoms with Crippen molar-refractivity contribution in [3.8, 4) is 17.2 Å². The lowest BCUT2D eigenvalue weighted by Gasteiger charge is -2.17. The van der Waals surface area contributed by atoms with Gasteiger partial charge in [-0.3, -0.25) is 4.45 Å². The van der Waals surface area contributed by atoms with Gasteiger partial charge in [-0.2, -0.15) is 10.4 Å². The molecule has 0 bridgehead atoms. The van der Waals surface area contributed by atoms with Crippen molar-refractivity contribution in [2.75, 3.05) is 18.6 Å². The molecule has 3 N–H and O–H groups in total. The number of carbonyl (C=O) groups excluding carboxylic acids is 1. The van der Waals surface area contributed by atoms with Crippen LogP contribution in [0.15, 0.2) is 47.8 Å². The predicted octanol–water partition coefficient (Wildman–Crippen LogP) is 3.10. The first-order chi connectivity index (χ1) is 14.8. The zero-order valence-corrected chi connectivity index (χ0v) is 19.2. The van der Waals surface area contributed by atoms with Gasteiger partial charge in [-0.05, 0) is 63.3 Å². The first kappa shape index (κ1) is 22.8. The minimum absolute atomic E-state index is 0.0679. The molecule has 2 aromatic heterocycles. The van der Waals surface area contributed by atoms with Crippen LogP contribution in [0.1, 0.15) is 5.69 Å². The molecule has 160 valence electrons. The summed E-state index contributed by atoms with van der Waals surface area (Å²) in [5, 5.41) is 16.2. The van der Waals surface area contributed by atoms with Crippen LogP contribution in [0, 0.1) is 21.9 Å². The van der Waals surface area contributed by atoms with Crippen LogP contribution in [0.2, 0.25) is 0 Å². The number of carbonyl (C=O) groups is 1. The lowest BCUT2D eigenvalue weighted by molar-refractivity contribution is 0.257. The third-order valence-electron chi connectivity index (χ3n) is 4.12. The van der Waals surface area contributed by atoms with E-state index in [1.165, 1.54) is 34.9 Å². The van der Waals surface area contributed by atoms with E-state index in [9.17, 15) is 13.4 Å². The molecule has 9 nitrogen and oxygen atoms in total. The van der Waals surface area contributed by atoms with Crippen molar-refractivity contribution < 1.29 is 13.4 Å². The van der Waals surface area contributed by atoms with Crippen molar-refractivity contribution in [1.82, 2.24) is 19.3 Å². The molecule has 2 heterocycles. The van der Waals surface area contributed by atoms with Gasteiger partial charge in [0.25, 0.3) is 0 Å². The molecule has 0 aliphatic rings. The molecule has 0 spiro atoms. The molecular formula is C18H18FN7O2P2S. The van der Waals surface area contributed by atoms with Gasteiger partial charge >= 0.3 is 6.03 Å². The smallest absolute Gasteiger partial charge is 0.306 e. The third-order valence-corrected chi connectivity index (χ3v) is 7.04. The lowest BCUT2D eigenvalue weighted by Crippen LogP contribution is -2.35. The van der Waals surface area contributed by atoms with E-state index < -0.39 is 21.8 Å². The number of urea groups is 1. The Balaban J connectivity index is 1.96. The maximum absolute atomic E-state index is 14.2. The van der Waals surface area contributed by atoms with Gasteiger partial charge in [0.2, 0.25) is 0 Å². The van der Waals surface area contributed by atoms with E-state index in [1.54, 1.807) is 12.3 Å². The number of amides is 2. The number of nitriles is 1. The summed E-state index contributed by atoms with van der Waals surface area (Å²) in [6, 6.07) is 8.04. The maximum Gasteiger partial charge on any atom is 0.332 e. The Morgan fingerprint density at radius 2 is 2.10 bits per heavy atom. The second-order valence-corrected chi connectivity index (χ2v) is 9.78. The molecule has 13 heteroatoms. The summed E-state index contributed by atoms with van der Waals surface area (Å²) in [6.45, 7) is 3.68. The summed E-state index contributed by atoms with van der Waals surface area (Å²) in [7, 11) is -3.28. The van der Waals surface area contributed by atoms with Crippen LogP contribution < -0.4 is 15.3 Å². The van der Waals surface area contributed by atoms with Crippen molar-refractivity contribution in [1.29, 1.82) is 10.0 Å². The number of hydrogen-bond acceptors (Lipinski definition) is 6. The zero-order chi connectivity index (χ0) is 22.6. The number of benzene rings is 1. The quantitative estimate of drug-likeness (QED) is 0.469. The molecular weight excluding hydrogens is 459 g/mol. The number of halogens is 1. The second-order valence-electron chi connectivity index (χ2n) is 6.10. The average molecular weight is 477 g/mol. The molecule has 3 aromatic rings.